The molecule has 0 atom stereocenters. The maximum absolute atomic E-state index is 9.15. The lowest BCUT2D eigenvalue weighted by molar-refractivity contribution is 0.263. The molecule has 3 heteroatoms. The summed E-state index contributed by atoms with van der Waals surface area (Å²) in [6.45, 7) is 6.60. The Balaban J connectivity index is 2.18. The third-order valence-corrected chi connectivity index (χ3v) is 2.58. The molecule has 0 bridgehead atoms. The highest BCUT2D eigenvalue weighted by atomic mass is 16.3. The van der Waals surface area contributed by atoms with Crippen molar-refractivity contribution in [3.8, 4) is 0 Å². The van der Waals surface area contributed by atoms with Gasteiger partial charge in [0.1, 0.15) is 5.82 Å². The molecule has 1 aromatic heterocycles. The Hall–Kier alpha value is -1.09. The number of aliphatic hydroxyl groups is 1. The lowest BCUT2D eigenvalue weighted by Gasteiger charge is -2.47. The number of hydrogen-bond donors (Lipinski definition) is 1. The van der Waals surface area contributed by atoms with Crippen LogP contribution in [0.4, 0.5) is 5.82 Å². The summed E-state index contributed by atoms with van der Waals surface area (Å²) in [6, 6.07) is 3.79. The average molecular weight is 192 g/mol. The summed E-state index contributed by atoms with van der Waals surface area (Å²) in [5.74, 6) is 0.939. The fourth-order valence-electron chi connectivity index (χ4n) is 1.98. The molecule has 1 N–H and O–H groups in total. The quantitative estimate of drug-likeness (QED) is 0.770. The largest absolute Gasteiger partial charge is 0.392 e. The van der Waals surface area contributed by atoms with Gasteiger partial charge in [-0.05, 0) is 11.5 Å². The molecule has 0 aliphatic carbocycles. The van der Waals surface area contributed by atoms with Crippen molar-refractivity contribution in [2.45, 2.75) is 20.5 Å². The molecule has 0 unspecified atom stereocenters. The first-order chi connectivity index (χ1) is 6.62. The van der Waals surface area contributed by atoms with Gasteiger partial charge < -0.3 is 10.0 Å². The topological polar surface area (TPSA) is 36.4 Å². The summed E-state index contributed by atoms with van der Waals surface area (Å²) in [6.07, 6.45) is 1.78. The van der Waals surface area contributed by atoms with E-state index in [2.05, 4.69) is 23.7 Å². The highest BCUT2D eigenvalue weighted by Gasteiger charge is 2.35. The second kappa shape index (κ2) is 3.24. The Bertz CT molecular complexity index is 328. The predicted octanol–water partition coefficient (Wildman–Crippen LogP) is 1.42. The normalized spacial score (nSPS) is 19.2. The molecule has 0 aromatic carbocycles. The number of pyridine rings is 1. The van der Waals surface area contributed by atoms with Crippen molar-refractivity contribution < 1.29 is 5.11 Å². The van der Waals surface area contributed by atoms with Crippen LogP contribution < -0.4 is 4.90 Å². The van der Waals surface area contributed by atoms with E-state index in [0.717, 1.165) is 24.5 Å². The number of aliphatic hydroxyl groups excluding tert-OH is 1. The molecule has 0 amide bonds. The van der Waals surface area contributed by atoms with Crippen LogP contribution in [0.1, 0.15) is 19.4 Å². The van der Waals surface area contributed by atoms with E-state index in [0.29, 0.717) is 5.41 Å². The molecular formula is C11H16N2O. The first kappa shape index (κ1) is 9.46. The van der Waals surface area contributed by atoms with Gasteiger partial charge in [-0.15, -0.1) is 0 Å². The van der Waals surface area contributed by atoms with Crippen LogP contribution in [0.5, 0.6) is 0 Å². The Morgan fingerprint density at radius 3 is 2.79 bits per heavy atom. The van der Waals surface area contributed by atoms with Crippen molar-refractivity contribution in [1.29, 1.82) is 0 Å². The van der Waals surface area contributed by atoms with Crippen LogP contribution in [0.15, 0.2) is 18.3 Å². The zero-order chi connectivity index (χ0) is 10.2. The van der Waals surface area contributed by atoms with Crippen LogP contribution in [0, 0.1) is 5.41 Å². The predicted molar refractivity (Wildman–Crippen MR) is 56.2 cm³/mol. The highest BCUT2D eigenvalue weighted by Crippen LogP contribution is 2.33. The van der Waals surface area contributed by atoms with Crippen molar-refractivity contribution in [1.82, 2.24) is 4.98 Å². The Morgan fingerprint density at radius 2 is 2.21 bits per heavy atom. The number of aromatic nitrogens is 1. The van der Waals surface area contributed by atoms with Crippen LogP contribution in [-0.2, 0) is 6.61 Å². The lowest BCUT2D eigenvalue weighted by atomic mass is 9.84. The van der Waals surface area contributed by atoms with Gasteiger partial charge in [0.25, 0.3) is 0 Å². The van der Waals surface area contributed by atoms with E-state index < -0.39 is 0 Å². The number of hydrogen-bond acceptors (Lipinski definition) is 3. The van der Waals surface area contributed by atoms with Gasteiger partial charge in [-0.25, -0.2) is 4.98 Å². The molecule has 1 fully saturated rings. The second-order valence-electron chi connectivity index (χ2n) is 4.66. The van der Waals surface area contributed by atoms with Crippen LogP contribution in [0.3, 0.4) is 0 Å². The Morgan fingerprint density at radius 1 is 1.50 bits per heavy atom. The maximum atomic E-state index is 9.15. The van der Waals surface area contributed by atoms with Gasteiger partial charge >= 0.3 is 0 Å². The summed E-state index contributed by atoms with van der Waals surface area (Å²) in [5.41, 5.74) is 1.31. The van der Waals surface area contributed by atoms with E-state index in [-0.39, 0.29) is 6.61 Å². The summed E-state index contributed by atoms with van der Waals surface area (Å²) in [5, 5.41) is 9.15. The van der Waals surface area contributed by atoms with E-state index in [4.69, 9.17) is 5.11 Å². The molecular weight excluding hydrogens is 176 g/mol. The fraction of sp³-hybridized carbons (Fsp3) is 0.545. The Labute approximate surface area is 84.4 Å². The third kappa shape index (κ3) is 1.60. The lowest BCUT2D eigenvalue weighted by Crippen LogP contribution is -2.53. The average Bonchev–Trinajstić information content (AvgIpc) is 2.14. The number of nitrogens with zero attached hydrogens (tertiary/aromatic N) is 2. The molecule has 1 aliphatic rings. The minimum Gasteiger partial charge on any atom is -0.392 e. The summed E-state index contributed by atoms with van der Waals surface area (Å²) >= 11 is 0. The molecule has 1 aliphatic heterocycles. The molecule has 1 aromatic rings. The van der Waals surface area contributed by atoms with E-state index in [9.17, 15) is 0 Å². The first-order valence-electron chi connectivity index (χ1n) is 4.92. The highest BCUT2D eigenvalue weighted by molar-refractivity contribution is 5.49. The first-order valence-corrected chi connectivity index (χ1v) is 4.92. The summed E-state index contributed by atoms with van der Waals surface area (Å²) in [7, 11) is 0. The summed E-state index contributed by atoms with van der Waals surface area (Å²) in [4.78, 5) is 6.52. The molecule has 0 spiro atoms. The minimum absolute atomic E-state index is 0.0695. The monoisotopic (exact) mass is 192 g/mol. The zero-order valence-corrected chi connectivity index (χ0v) is 8.70. The van der Waals surface area contributed by atoms with Gasteiger partial charge in [-0.3, -0.25) is 0 Å². The molecule has 0 radical (unpaired) electrons. The van der Waals surface area contributed by atoms with Crippen LogP contribution in [0.25, 0.3) is 0 Å². The molecule has 3 nitrogen and oxygen atoms in total. The summed E-state index contributed by atoms with van der Waals surface area (Å²) < 4.78 is 0. The molecule has 76 valence electrons. The van der Waals surface area contributed by atoms with Gasteiger partial charge in [-0.1, -0.05) is 19.9 Å². The number of anilines is 1. The van der Waals surface area contributed by atoms with Crippen LogP contribution >= 0.6 is 0 Å². The van der Waals surface area contributed by atoms with Gasteiger partial charge in [-0.2, -0.15) is 0 Å². The van der Waals surface area contributed by atoms with Crippen molar-refractivity contribution in [3.63, 3.8) is 0 Å². The van der Waals surface area contributed by atoms with Gasteiger partial charge in [0, 0.05) is 24.8 Å². The second-order valence-corrected chi connectivity index (χ2v) is 4.66. The van der Waals surface area contributed by atoms with Crippen molar-refractivity contribution >= 4 is 5.82 Å². The molecule has 2 rings (SSSR count). The maximum Gasteiger partial charge on any atom is 0.134 e. The van der Waals surface area contributed by atoms with Gasteiger partial charge in [0.05, 0.1) is 6.61 Å². The van der Waals surface area contributed by atoms with Gasteiger partial charge in [0.2, 0.25) is 0 Å². The molecule has 1 saturated heterocycles. The molecule has 0 saturated carbocycles. The van der Waals surface area contributed by atoms with Crippen molar-refractivity contribution in [3.05, 3.63) is 23.9 Å². The van der Waals surface area contributed by atoms with Crippen LogP contribution in [0.2, 0.25) is 0 Å². The zero-order valence-electron chi connectivity index (χ0n) is 8.70. The standard InChI is InChI=1S/C11H16N2O/c1-11(2)7-13(8-11)10-9(6-14)4-3-5-12-10/h3-5,14H,6-8H2,1-2H3. The minimum atomic E-state index is 0.0695. The van der Waals surface area contributed by atoms with Gasteiger partial charge in [0.15, 0.2) is 0 Å². The Kier molecular flexibility index (Phi) is 2.19. The molecule has 14 heavy (non-hydrogen) atoms. The van der Waals surface area contributed by atoms with Crippen molar-refractivity contribution in [2.75, 3.05) is 18.0 Å². The van der Waals surface area contributed by atoms with E-state index >= 15 is 0 Å². The number of rotatable bonds is 2. The fourth-order valence-corrected chi connectivity index (χ4v) is 1.98. The van der Waals surface area contributed by atoms with Crippen molar-refractivity contribution in [2.24, 2.45) is 5.41 Å². The van der Waals surface area contributed by atoms with E-state index in [1.165, 1.54) is 0 Å². The SMILES string of the molecule is CC1(C)CN(c2ncccc2CO)C1. The molecule has 2 heterocycles. The van der Waals surface area contributed by atoms with Crippen LogP contribution in [-0.4, -0.2) is 23.2 Å². The third-order valence-electron chi connectivity index (χ3n) is 2.58. The van der Waals surface area contributed by atoms with E-state index in [1.54, 1.807) is 6.20 Å². The van der Waals surface area contributed by atoms with E-state index in [1.807, 2.05) is 12.1 Å². The smallest absolute Gasteiger partial charge is 0.134 e.